The number of nitrogens with one attached hydrogen (secondary N) is 1. The van der Waals surface area contributed by atoms with E-state index in [1.54, 1.807) is 0 Å². The maximum absolute atomic E-state index is 12.4. The van der Waals surface area contributed by atoms with Crippen LogP contribution in [0.3, 0.4) is 0 Å². The van der Waals surface area contributed by atoms with E-state index in [4.69, 9.17) is 0 Å². The first kappa shape index (κ1) is 18.5. The molecule has 1 N–H and O–H groups in total. The van der Waals surface area contributed by atoms with Crippen LogP contribution in [0.5, 0.6) is 0 Å². The molecule has 27 heavy (non-hydrogen) atoms. The van der Waals surface area contributed by atoms with E-state index in [9.17, 15) is 9.59 Å². The molecule has 5 nitrogen and oxygen atoms in total. The summed E-state index contributed by atoms with van der Waals surface area (Å²) >= 11 is 0. The van der Waals surface area contributed by atoms with Crippen molar-refractivity contribution in [3.63, 3.8) is 0 Å². The highest BCUT2D eigenvalue weighted by molar-refractivity contribution is 5.78. The molecule has 3 fully saturated rings. The van der Waals surface area contributed by atoms with Gasteiger partial charge in [0.25, 0.3) is 0 Å². The minimum atomic E-state index is 0.104. The topological polar surface area (TPSA) is 52.7 Å². The number of carbonyl (C=O) groups is 2. The van der Waals surface area contributed by atoms with E-state index in [1.165, 1.54) is 24.0 Å². The summed E-state index contributed by atoms with van der Waals surface area (Å²) in [4.78, 5) is 29.0. The van der Waals surface area contributed by atoms with Crippen LogP contribution in [0.15, 0.2) is 24.3 Å². The minimum absolute atomic E-state index is 0.104. The predicted molar refractivity (Wildman–Crippen MR) is 105 cm³/mol. The number of nitrogens with zero attached hydrogens (tertiary/aromatic N) is 2. The fraction of sp³-hybridized carbons (Fsp3) is 0.636. The molecule has 2 amide bonds. The number of likely N-dealkylation sites (tertiary alicyclic amines) is 2. The lowest BCUT2D eigenvalue weighted by Crippen LogP contribution is -2.53. The lowest BCUT2D eigenvalue weighted by Gasteiger charge is -2.47. The number of piperidine rings is 2. The number of hydrogen-bond donors (Lipinski definition) is 1. The number of rotatable bonds is 5. The van der Waals surface area contributed by atoms with Crippen LogP contribution in [0, 0.1) is 12.3 Å². The van der Waals surface area contributed by atoms with Crippen molar-refractivity contribution < 1.29 is 9.59 Å². The van der Waals surface area contributed by atoms with E-state index in [0.717, 1.165) is 38.9 Å². The van der Waals surface area contributed by atoms with Gasteiger partial charge in [0.1, 0.15) is 0 Å². The highest BCUT2D eigenvalue weighted by atomic mass is 16.2. The summed E-state index contributed by atoms with van der Waals surface area (Å²) in [6, 6.07) is 8.70. The zero-order valence-corrected chi connectivity index (χ0v) is 16.4. The molecule has 4 rings (SSSR count). The number of hydrogen-bond acceptors (Lipinski definition) is 3. The van der Waals surface area contributed by atoms with E-state index in [2.05, 4.69) is 34.2 Å². The first-order chi connectivity index (χ1) is 13.0. The van der Waals surface area contributed by atoms with Crippen molar-refractivity contribution in [3.05, 3.63) is 35.4 Å². The second kappa shape index (κ2) is 7.63. The monoisotopic (exact) mass is 369 g/mol. The van der Waals surface area contributed by atoms with Crippen LogP contribution in [-0.2, 0) is 16.1 Å². The quantitative estimate of drug-likeness (QED) is 0.868. The molecule has 1 spiro atoms. The number of benzene rings is 1. The van der Waals surface area contributed by atoms with Crippen LogP contribution in [-0.4, -0.2) is 53.8 Å². The van der Waals surface area contributed by atoms with E-state index >= 15 is 0 Å². The summed E-state index contributed by atoms with van der Waals surface area (Å²) < 4.78 is 0. The summed E-state index contributed by atoms with van der Waals surface area (Å²) in [5, 5.41) is 3.06. The SMILES string of the molecule is Cc1ccccc1CNC(=O)CN1CCC2(CCC(=O)N(C3CC3)C2)CC1. The summed E-state index contributed by atoms with van der Waals surface area (Å²) in [7, 11) is 0. The Hall–Kier alpha value is -1.88. The molecule has 3 aliphatic rings. The minimum Gasteiger partial charge on any atom is -0.351 e. The van der Waals surface area contributed by atoms with Gasteiger partial charge in [-0.15, -0.1) is 0 Å². The third-order valence-electron chi connectivity index (χ3n) is 6.70. The lowest BCUT2D eigenvalue weighted by molar-refractivity contribution is -0.139. The van der Waals surface area contributed by atoms with Gasteiger partial charge in [-0.2, -0.15) is 0 Å². The van der Waals surface area contributed by atoms with Gasteiger partial charge in [-0.25, -0.2) is 0 Å². The summed E-state index contributed by atoms with van der Waals surface area (Å²) in [6.45, 7) is 6.03. The molecule has 0 radical (unpaired) electrons. The zero-order chi connectivity index (χ0) is 18.9. The molecule has 0 unspecified atom stereocenters. The predicted octanol–water partition coefficient (Wildman–Crippen LogP) is 2.48. The van der Waals surface area contributed by atoms with Gasteiger partial charge < -0.3 is 10.2 Å². The third-order valence-corrected chi connectivity index (χ3v) is 6.70. The molecule has 1 aromatic carbocycles. The van der Waals surface area contributed by atoms with Crippen molar-refractivity contribution >= 4 is 11.8 Å². The van der Waals surface area contributed by atoms with Crippen molar-refractivity contribution in [2.24, 2.45) is 5.41 Å². The summed E-state index contributed by atoms with van der Waals surface area (Å²) in [5.41, 5.74) is 2.69. The largest absolute Gasteiger partial charge is 0.351 e. The smallest absolute Gasteiger partial charge is 0.234 e. The molecule has 2 saturated heterocycles. The first-order valence-corrected chi connectivity index (χ1v) is 10.4. The van der Waals surface area contributed by atoms with E-state index in [1.807, 2.05) is 12.1 Å². The van der Waals surface area contributed by atoms with Crippen molar-refractivity contribution in [2.45, 2.75) is 58.0 Å². The first-order valence-electron chi connectivity index (χ1n) is 10.4. The van der Waals surface area contributed by atoms with Crippen LogP contribution in [0.25, 0.3) is 0 Å². The van der Waals surface area contributed by atoms with Crippen LogP contribution in [0.4, 0.5) is 0 Å². The fourth-order valence-electron chi connectivity index (χ4n) is 4.62. The van der Waals surface area contributed by atoms with Crippen molar-refractivity contribution in [1.82, 2.24) is 15.1 Å². The standard InChI is InChI=1S/C22H31N3O2/c1-17-4-2-3-5-18(17)14-23-20(26)15-24-12-10-22(11-13-24)9-8-21(27)25(16-22)19-6-7-19/h2-5,19H,6-16H2,1H3,(H,23,26). The van der Waals surface area contributed by atoms with Gasteiger partial charge in [0.15, 0.2) is 0 Å². The van der Waals surface area contributed by atoms with Gasteiger partial charge >= 0.3 is 0 Å². The second-order valence-corrected chi connectivity index (χ2v) is 8.73. The van der Waals surface area contributed by atoms with Crippen molar-refractivity contribution in [3.8, 4) is 0 Å². The van der Waals surface area contributed by atoms with Gasteiger partial charge in [0.2, 0.25) is 11.8 Å². The normalized spacial score (nSPS) is 22.9. The Morgan fingerprint density at radius 3 is 2.63 bits per heavy atom. The molecule has 1 aliphatic carbocycles. The summed E-state index contributed by atoms with van der Waals surface area (Å²) in [5.74, 6) is 0.466. The Bertz CT molecular complexity index is 705. The molecule has 2 heterocycles. The molecule has 0 aromatic heterocycles. The lowest BCUT2D eigenvalue weighted by atomic mass is 9.72. The van der Waals surface area contributed by atoms with Gasteiger partial charge in [0.05, 0.1) is 6.54 Å². The average Bonchev–Trinajstić information content (AvgIpc) is 3.50. The Morgan fingerprint density at radius 1 is 1.19 bits per heavy atom. The van der Waals surface area contributed by atoms with Crippen LogP contribution >= 0.6 is 0 Å². The van der Waals surface area contributed by atoms with Crippen LogP contribution in [0.2, 0.25) is 0 Å². The molecule has 0 bridgehead atoms. The van der Waals surface area contributed by atoms with E-state index in [0.29, 0.717) is 36.9 Å². The molecule has 2 aliphatic heterocycles. The molecular weight excluding hydrogens is 338 g/mol. The third kappa shape index (κ3) is 4.34. The van der Waals surface area contributed by atoms with Crippen LogP contribution in [0.1, 0.15) is 49.7 Å². The van der Waals surface area contributed by atoms with Crippen LogP contribution < -0.4 is 5.32 Å². The summed E-state index contributed by atoms with van der Waals surface area (Å²) in [6.07, 6.45) is 6.34. The Kier molecular flexibility index (Phi) is 5.22. The number of carbonyl (C=O) groups excluding carboxylic acids is 2. The zero-order valence-electron chi connectivity index (χ0n) is 16.4. The highest BCUT2D eigenvalue weighted by Crippen LogP contribution is 2.43. The molecule has 146 valence electrons. The van der Waals surface area contributed by atoms with Gasteiger partial charge in [-0.05, 0) is 68.7 Å². The van der Waals surface area contributed by atoms with E-state index < -0.39 is 0 Å². The maximum atomic E-state index is 12.4. The molecule has 1 aromatic rings. The molecule has 1 saturated carbocycles. The molecule has 5 heteroatoms. The van der Waals surface area contributed by atoms with E-state index in [-0.39, 0.29) is 5.91 Å². The van der Waals surface area contributed by atoms with Crippen molar-refractivity contribution in [1.29, 1.82) is 0 Å². The Balaban J connectivity index is 1.24. The number of amides is 2. The van der Waals surface area contributed by atoms with Gasteiger partial charge in [-0.3, -0.25) is 14.5 Å². The van der Waals surface area contributed by atoms with Crippen molar-refractivity contribution in [2.75, 3.05) is 26.2 Å². The number of aryl methyl sites for hydroxylation is 1. The second-order valence-electron chi connectivity index (χ2n) is 8.73. The van der Waals surface area contributed by atoms with Gasteiger partial charge in [-0.1, -0.05) is 24.3 Å². The van der Waals surface area contributed by atoms with Gasteiger partial charge in [0, 0.05) is 25.6 Å². The molecule has 0 atom stereocenters. The maximum Gasteiger partial charge on any atom is 0.234 e. The molecular formula is C22H31N3O2. The fourth-order valence-corrected chi connectivity index (χ4v) is 4.62. The Labute approximate surface area is 162 Å². The average molecular weight is 370 g/mol. The Morgan fingerprint density at radius 2 is 1.93 bits per heavy atom. The highest BCUT2D eigenvalue weighted by Gasteiger charge is 2.45.